The number of oxime groups is 1. The number of nitrogens with zero attached hydrogens (tertiary/aromatic N) is 2. The highest BCUT2D eigenvalue weighted by Crippen LogP contribution is 2.26. The van der Waals surface area contributed by atoms with Crippen LogP contribution in [0, 0.1) is 0 Å². The fourth-order valence-electron chi connectivity index (χ4n) is 2.67. The smallest absolute Gasteiger partial charge is 0.263 e. The maximum absolute atomic E-state index is 12.0. The van der Waals surface area contributed by atoms with Crippen LogP contribution in [-0.2, 0) is 14.4 Å². The second-order valence-electron chi connectivity index (χ2n) is 5.40. The van der Waals surface area contributed by atoms with Gasteiger partial charge in [0.1, 0.15) is 5.75 Å². The van der Waals surface area contributed by atoms with Gasteiger partial charge < -0.3 is 19.2 Å². The number of benzene rings is 2. The van der Waals surface area contributed by atoms with Gasteiger partial charge in [0.15, 0.2) is 6.61 Å². The molecule has 0 aliphatic carbocycles. The number of carbonyl (C=O) groups is 1. The van der Waals surface area contributed by atoms with Gasteiger partial charge in [0.25, 0.3) is 5.91 Å². The number of hydrogen-bond donors (Lipinski definition) is 0. The van der Waals surface area contributed by atoms with E-state index in [0.717, 1.165) is 16.3 Å². The maximum atomic E-state index is 12.0. The predicted octanol–water partition coefficient (Wildman–Crippen LogP) is 2.06. The minimum absolute atomic E-state index is 0.0798. The lowest BCUT2D eigenvalue weighted by Crippen LogP contribution is -2.42. The van der Waals surface area contributed by atoms with Crippen molar-refractivity contribution in [2.45, 2.75) is 0 Å². The number of morpholine rings is 1. The van der Waals surface area contributed by atoms with Gasteiger partial charge in [-0.05, 0) is 16.8 Å². The molecule has 1 saturated heterocycles. The van der Waals surface area contributed by atoms with Crippen molar-refractivity contribution in [1.29, 1.82) is 0 Å². The van der Waals surface area contributed by atoms with Crippen LogP contribution in [0.5, 0.6) is 5.75 Å². The first-order valence-corrected chi connectivity index (χ1v) is 7.86. The SMILES string of the molecule is COc1ccc2ccccc2c1/C=N\OCC(=O)N1CCOCC1. The quantitative estimate of drug-likeness (QED) is 0.623. The number of carbonyl (C=O) groups excluding carboxylic acids is 1. The van der Waals surface area contributed by atoms with Crippen molar-refractivity contribution in [2.75, 3.05) is 40.0 Å². The van der Waals surface area contributed by atoms with Gasteiger partial charge in [-0.2, -0.15) is 0 Å². The summed E-state index contributed by atoms with van der Waals surface area (Å²) >= 11 is 0. The van der Waals surface area contributed by atoms with Crippen LogP contribution in [0.15, 0.2) is 41.6 Å². The Hall–Kier alpha value is -2.60. The minimum atomic E-state index is -0.0830. The van der Waals surface area contributed by atoms with E-state index in [2.05, 4.69) is 5.16 Å². The molecule has 1 amide bonds. The molecule has 1 fully saturated rings. The van der Waals surface area contributed by atoms with Gasteiger partial charge in [-0.15, -0.1) is 0 Å². The van der Waals surface area contributed by atoms with Crippen molar-refractivity contribution >= 4 is 22.9 Å². The molecule has 0 unspecified atom stereocenters. The van der Waals surface area contributed by atoms with Gasteiger partial charge in [-0.3, -0.25) is 4.79 Å². The van der Waals surface area contributed by atoms with Crippen LogP contribution in [0.1, 0.15) is 5.56 Å². The number of rotatable bonds is 5. The molecule has 1 heterocycles. The molecular formula is C18H20N2O4. The summed E-state index contributed by atoms with van der Waals surface area (Å²) in [6.45, 7) is 2.26. The first kappa shape index (κ1) is 16.3. The fraction of sp³-hybridized carbons (Fsp3) is 0.333. The van der Waals surface area contributed by atoms with Gasteiger partial charge in [-0.1, -0.05) is 35.5 Å². The molecule has 0 bridgehead atoms. The Kier molecular flexibility index (Phi) is 5.28. The highest BCUT2D eigenvalue weighted by Gasteiger charge is 2.16. The molecule has 2 aromatic rings. The van der Waals surface area contributed by atoms with Gasteiger partial charge in [0.2, 0.25) is 0 Å². The van der Waals surface area contributed by atoms with E-state index >= 15 is 0 Å². The van der Waals surface area contributed by atoms with Crippen LogP contribution < -0.4 is 4.74 Å². The second-order valence-corrected chi connectivity index (χ2v) is 5.40. The highest BCUT2D eigenvalue weighted by atomic mass is 16.6. The normalized spacial score (nSPS) is 15.0. The zero-order valence-electron chi connectivity index (χ0n) is 13.6. The number of hydrogen-bond acceptors (Lipinski definition) is 5. The molecule has 24 heavy (non-hydrogen) atoms. The Balaban J connectivity index is 1.68. The van der Waals surface area contributed by atoms with Gasteiger partial charge in [0.05, 0.1) is 26.5 Å². The van der Waals surface area contributed by atoms with Crippen molar-refractivity contribution in [3.63, 3.8) is 0 Å². The topological polar surface area (TPSA) is 60.4 Å². The average molecular weight is 328 g/mol. The summed E-state index contributed by atoms with van der Waals surface area (Å²) in [6, 6.07) is 11.8. The van der Waals surface area contributed by atoms with Crippen LogP contribution in [-0.4, -0.2) is 57.0 Å². The van der Waals surface area contributed by atoms with Crippen LogP contribution in [0.4, 0.5) is 0 Å². The Morgan fingerprint density at radius 3 is 2.83 bits per heavy atom. The molecule has 0 radical (unpaired) electrons. The number of amides is 1. The Labute approximate surface area is 140 Å². The number of ether oxygens (including phenoxy) is 2. The lowest BCUT2D eigenvalue weighted by atomic mass is 10.0. The number of methoxy groups -OCH3 is 1. The third-order valence-electron chi connectivity index (χ3n) is 3.96. The van der Waals surface area contributed by atoms with Crippen molar-refractivity contribution in [2.24, 2.45) is 5.16 Å². The van der Waals surface area contributed by atoms with Gasteiger partial charge >= 0.3 is 0 Å². The van der Waals surface area contributed by atoms with Gasteiger partial charge in [-0.25, -0.2) is 0 Å². The van der Waals surface area contributed by atoms with Crippen LogP contribution in [0.25, 0.3) is 10.8 Å². The molecular weight excluding hydrogens is 308 g/mol. The summed E-state index contributed by atoms with van der Waals surface area (Å²) in [7, 11) is 1.62. The number of fused-ring (bicyclic) bond motifs is 1. The molecule has 0 N–H and O–H groups in total. The fourth-order valence-corrected chi connectivity index (χ4v) is 2.67. The molecule has 1 aliphatic heterocycles. The standard InChI is InChI=1S/C18H20N2O4/c1-22-17-7-6-14-4-2-3-5-15(14)16(17)12-19-24-13-18(21)20-8-10-23-11-9-20/h2-7,12H,8-11,13H2,1H3/b19-12-. The lowest BCUT2D eigenvalue weighted by molar-refractivity contribution is -0.140. The van der Waals surface area contributed by atoms with Crippen molar-refractivity contribution in [3.05, 3.63) is 42.0 Å². The molecule has 2 aromatic carbocycles. The van der Waals surface area contributed by atoms with E-state index in [4.69, 9.17) is 14.3 Å². The minimum Gasteiger partial charge on any atom is -0.496 e. The molecule has 6 nitrogen and oxygen atoms in total. The molecule has 0 saturated carbocycles. The van der Waals surface area contributed by atoms with Crippen molar-refractivity contribution < 1.29 is 19.1 Å². The molecule has 0 spiro atoms. The first-order valence-electron chi connectivity index (χ1n) is 7.86. The molecule has 0 atom stereocenters. The molecule has 126 valence electrons. The third-order valence-corrected chi connectivity index (χ3v) is 3.96. The van der Waals surface area contributed by atoms with E-state index in [1.165, 1.54) is 0 Å². The van der Waals surface area contributed by atoms with E-state index in [1.807, 2.05) is 36.4 Å². The third kappa shape index (κ3) is 3.65. The van der Waals surface area contributed by atoms with E-state index in [-0.39, 0.29) is 12.5 Å². The Bertz CT molecular complexity index is 739. The summed E-state index contributed by atoms with van der Waals surface area (Å²) in [5, 5.41) is 6.06. The van der Waals surface area contributed by atoms with E-state index in [9.17, 15) is 4.79 Å². The first-order chi connectivity index (χ1) is 11.8. The van der Waals surface area contributed by atoms with E-state index < -0.39 is 0 Å². The summed E-state index contributed by atoms with van der Waals surface area (Å²) in [4.78, 5) is 18.9. The summed E-state index contributed by atoms with van der Waals surface area (Å²) in [6.07, 6.45) is 1.59. The maximum Gasteiger partial charge on any atom is 0.263 e. The van der Waals surface area contributed by atoms with Gasteiger partial charge in [0, 0.05) is 18.7 Å². The monoisotopic (exact) mass is 328 g/mol. The predicted molar refractivity (Wildman–Crippen MR) is 91.4 cm³/mol. The van der Waals surface area contributed by atoms with Crippen LogP contribution in [0.3, 0.4) is 0 Å². The van der Waals surface area contributed by atoms with Crippen LogP contribution in [0.2, 0.25) is 0 Å². The molecule has 1 aliphatic rings. The summed E-state index contributed by atoms with van der Waals surface area (Å²) in [5.41, 5.74) is 0.828. The molecule has 0 aromatic heterocycles. The van der Waals surface area contributed by atoms with Crippen molar-refractivity contribution in [1.82, 2.24) is 4.90 Å². The lowest BCUT2D eigenvalue weighted by Gasteiger charge is -2.26. The summed E-state index contributed by atoms with van der Waals surface area (Å²) < 4.78 is 10.6. The zero-order chi connectivity index (χ0) is 16.8. The van der Waals surface area contributed by atoms with Crippen LogP contribution >= 0.6 is 0 Å². The zero-order valence-corrected chi connectivity index (χ0v) is 13.6. The highest BCUT2D eigenvalue weighted by molar-refractivity contribution is 6.02. The Morgan fingerprint density at radius 1 is 1.25 bits per heavy atom. The molecule has 6 heteroatoms. The summed E-state index contributed by atoms with van der Waals surface area (Å²) in [5.74, 6) is 0.626. The van der Waals surface area contributed by atoms with E-state index in [0.29, 0.717) is 32.1 Å². The molecule has 3 rings (SSSR count). The largest absolute Gasteiger partial charge is 0.496 e. The second kappa shape index (κ2) is 7.79. The average Bonchev–Trinajstić information content (AvgIpc) is 2.65. The van der Waals surface area contributed by atoms with Crippen molar-refractivity contribution in [3.8, 4) is 5.75 Å². The Morgan fingerprint density at radius 2 is 2.04 bits per heavy atom. The van der Waals surface area contributed by atoms with E-state index in [1.54, 1.807) is 18.2 Å².